The highest BCUT2D eigenvalue weighted by Crippen LogP contribution is 2.17. The van der Waals surface area contributed by atoms with Crippen LogP contribution in [0.25, 0.3) is 0 Å². The van der Waals surface area contributed by atoms with Gasteiger partial charge in [0.1, 0.15) is 5.75 Å². The van der Waals surface area contributed by atoms with Crippen molar-refractivity contribution in [1.82, 2.24) is 0 Å². The minimum atomic E-state index is -0.599. The number of aliphatic hydroxyl groups is 1. The molecule has 0 saturated heterocycles. The van der Waals surface area contributed by atoms with Crippen LogP contribution in [0.5, 0.6) is 5.75 Å². The van der Waals surface area contributed by atoms with E-state index in [1.54, 1.807) is 0 Å². The molecule has 0 aromatic heterocycles. The molecule has 19 heavy (non-hydrogen) atoms. The van der Waals surface area contributed by atoms with Crippen molar-refractivity contribution < 1.29 is 9.84 Å². The summed E-state index contributed by atoms with van der Waals surface area (Å²) in [7, 11) is 0. The van der Waals surface area contributed by atoms with E-state index in [0.29, 0.717) is 6.61 Å². The Kier molecular flexibility index (Phi) is 4.95. The monoisotopic (exact) mass is 257 g/mol. The molecular weight excluding hydrogens is 238 g/mol. The van der Waals surface area contributed by atoms with Crippen LogP contribution >= 0.6 is 0 Å². The van der Waals surface area contributed by atoms with Crippen LogP contribution < -0.4 is 10.5 Å². The van der Waals surface area contributed by atoms with Gasteiger partial charge in [0.05, 0.1) is 12.7 Å². The van der Waals surface area contributed by atoms with Crippen LogP contribution in [-0.2, 0) is 6.42 Å². The Balaban J connectivity index is 1.83. The summed E-state index contributed by atoms with van der Waals surface area (Å²) in [6, 6.07) is 17.6. The van der Waals surface area contributed by atoms with E-state index in [1.165, 1.54) is 5.56 Å². The van der Waals surface area contributed by atoms with Crippen molar-refractivity contribution in [2.24, 2.45) is 5.73 Å². The molecule has 0 bridgehead atoms. The van der Waals surface area contributed by atoms with Crippen LogP contribution in [0.3, 0.4) is 0 Å². The normalized spacial score (nSPS) is 12.1. The Bertz CT molecular complexity index is 482. The Morgan fingerprint density at radius 2 is 1.68 bits per heavy atom. The second-order valence-electron chi connectivity index (χ2n) is 4.40. The van der Waals surface area contributed by atoms with Gasteiger partial charge in [-0.1, -0.05) is 42.5 Å². The second-order valence-corrected chi connectivity index (χ2v) is 4.40. The lowest BCUT2D eigenvalue weighted by molar-refractivity contribution is 0.186. The van der Waals surface area contributed by atoms with Crippen molar-refractivity contribution in [1.29, 1.82) is 0 Å². The van der Waals surface area contributed by atoms with Crippen molar-refractivity contribution in [2.75, 3.05) is 13.2 Å². The predicted octanol–water partition coefficient (Wildman–Crippen LogP) is 2.30. The molecule has 0 heterocycles. The van der Waals surface area contributed by atoms with Gasteiger partial charge in [0.15, 0.2) is 0 Å². The third-order valence-corrected chi connectivity index (χ3v) is 2.99. The summed E-state index contributed by atoms with van der Waals surface area (Å²) >= 11 is 0. The van der Waals surface area contributed by atoms with Gasteiger partial charge in [-0.3, -0.25) is 0 Å². The number of benzene rings is 2. The van der Waals surface area contributed by atoms with Gasteiger partial charge in [-0.25, -0.2) is 0 Å². The molecule has 2 aromatic carbocycles. The number of nitrogens with two attached hydrogens (primary N) is 1. The zero-order valence-electron chi connectivity index (χ0n) is 10.8. The Hall–Kier alpha value is -1.84. The summed E-state index contributed by atoms with van der Waals surface area (Å²) in [5, 5.41) is 9.58. The Morgan fingerprint density at radius 1 is 1.00 bits per heavy atom. The third-order valence-electron chi connectivity index (χ3n) is 2.99. The van der Waals surface area contributed by atoms with Crippen molar-refractivity contribution >= 4 is 0 Å². The molecule has 0 saturated carbocycles. The van der Waals surface area contributed by atoms with Gasteiger partial charge in [-0.2, -0.15) is 0 Å². The number of hydrogen-bond acceptors (Lipinski definition) is 3. The van der Waals surface area contributed by atoms with Gasteiger partial charge in [0.2, 0.25) is 0 Å². The standard InChI is InChI=1S/C16H19NO2/c17-12-16(18)14-6-8-15(9-7-14)19-11-10-13-4-2-1-3-5-13/h1-9,16,18H,10-12,17H2. The van der Waals surface area contributed by atoms with Crippen molar-refractivity contribution in [3.8, 4) is 5.75 Å². The molecule has 0 fully saturated rings. The lowest BCUT2D eigenvalue weighted by atomic mass is 10.1. The largest absolute Gasteiger partial charge is 0.493 e. The first kappa shape index (κ1) is 13.6. The highest BCUT2D eigenvalue weighted by molar-refractivity contribution is 5.28. The lowest BCUT2D eigenvalue weighted by Gasteiger charge is -2.10. The van der Waals surface area contributed by atoms with Crippen molar-refractivity contribution in [3.63, 3.8) is 0 Å². The summed E-state index contributed by atoms with van der Waals surface area (Å²) in [5.74, 6) is 0.809. The molecule has 3 N–H and O–H groups in total. The maximum atomic E-state index is 9.58. The minimum absolute atomic E-state index is 0.230. The molecule has 0 spiro atoms. The number of rotatable bonds is 6. The molecule has 2 aromatic rings. The van der Waals surface area contributed by atoms with Gasteiger partial charge in [0.25, 0.3) is 0 Å². The molecule has 3 heteroatoms. The molecule has 0 amide bonds. The van der Waals surface area contributed by atoms with Crippen molar-refractivity contribution in [3.05, 3.63) is 65.7 Å². The molecular formula is C16H19NO2. The minimum Gasteiger partial charge on any atom is -0.493 e. The van der Waals surface area contributed by atoms with E-state index in [9.17, 15) is 5.11 Å². The summed E-state index contributed by atoms with van der Waals surface area (Å²) in [6.45, 7) is 0.872. The second kappa shape index (κ2) is 6.92. The van der Waals surface area contributed by atoms with Gasteiger partial charge < -0.3 is 15.6 Å². The van der Waals surface area contributed by atoms with Crippen LogP contribution in [0.2, 0.25) is 0 Å². The molecule has 100 valence electrons. The Morgan fingerprint density at radius 3 is 2.32 bits per heavy atom. The van der Waals surface area contributed by atoms with E-state index in [-0.39, 0.29) is 6.54 Å². The molecule has 2 rings (SSSR count). The smallest absolute Gasteiger partial charge is 0.119 e. The Labute approximate surface area is 113 Å². The first-order valence-electron chi connectivity index (χ1n) is 6.44. The van der Waals surface area contributed by atoms with E-state index in [1.807, 2.05) is 42.5 Å². The van der Waals surface area contributed by atoms with Crippen LogP contribution in [0.1, 0.15) is 17.2 Å². The summed E-state index contributed by atoms with van der Waals surface area (Å²) in [4.78, 5) is 0. The van der Waals surface area contributed by atoms with Gasteiger partial charge in [-0.15, -0.1) is 0 Å². The molecule has 0 aliphatic carbocycles. The molecule has 1 unspecified atom stereocenters. The molecule has 1 atom stereocenters. The average Bonchev–Trinajstić information content (AvgIpc) is 2.48. The maximum absolute atomic E-state index is 9.58. The fourth-order valence-electron chi connectivity index (χ4n) is 1.85. The van der Waals surface area contributed by atoms with Gasteiger partial charge in [0, 0.05) is 13.0 Å². The SMILES string of the molecule is NCC(O)c1ccc(OCCc2ccccc2)cc1. The van der Waals surface area contributed by atoms with E-state index >= 15 is 0 Å². The van der Waals surface area contributed by atoms with Gasteiger partial charge in [-0.05, 0) is 23.3 Å². The lowest BCUT2D eigenvalue weighted by Crippen LogP contribution is -2.11. The summed E-state index contributed by atoms with van der Waals surface area (Å²) < 4.78 is 5.67. The number of hydrogen-bond donors (Lipinski definition) is 2. The third kappa shape index (κ3) is 4.09. The first-order chi connectivity index (χ1) is 9.29. The van der Waals surface area contributed by atoms with Crippen LogP contribution in [-0.4, -0.2) is 18.3 Å². The van der Waals surface area contributed by atoms with Crippen LogP contribution in [0, 0.1) is 0 Å². The van der Waals surface area contributed by atoms with E-state index in [4.69, 9.17) is 10.5 Å². The van der Waals surface area contributed by atoms with Crippen molar-refractivity contribution in [2.45, 2.75) is 12.5 Å². The molecule has 0 radical (unpaired) electrons. The highest BCUT2D eigenvalue weighted by Gasteiger charge is 2.04. The fraction of sp³-hybridized carbons (Fsp3) is 0.250. The van der Waals surface area contributed by atoms with E-state index in [0.717, 1.165) is 17.7 Å². The van der Waals surface area contributed by atoms with E-state index in [2.05, 4.69) is 12.1 Å². The number of aliphatic hydroxyl groups excluding tert-OH is 1. The first-order valence-corrected chi connectivity index (χ1v) is 6.44. The summed E-state index contributed by atoms with van der Waals surface area (Å²) in [5.41, 5.74) is 7.48. The topological polar surface area (TPSA) is 55.5 Å². The number of ether oxygens (including phenoxy) is 1. The average molecular weight is 257 g/mol. The summed E-state index contributed by atoms with van der Waals surface area (Å²) in [6.07, 6.45) is 0.284. The zero-order valence-corrected chi connectivity index (χ0v) is 10.8. The van der Waals surface area contributed by atoms with E-state index < -0.39 is 6.10 Å². The fourth-order valence-corrected chi connectivity index (χ4v) is 1.85. The molecule has 3 nitrogen and oxygen atoms in total. The maximum Gasteiger partial charge on any atom is 0.119 e. The quantitative estimate of drug-likeness (QED) is 0.835. The zero-order chi connectivity index (χ0) is 13.5. The highest BCUT2D eigenvalue weighted by atomic mass is 16.5. The van der Waals surface area contributed by atoms with Gasteiger partial charge >= 0.3 is 0 Å². The van der Waals surface area contributed by atoms with Crippen LogP contribution in [0.15, 0.2) is 54.6 Å². The predicted molar refractivity (Wildman–Crippen MR) is 76.1 cm³/mol. The van der Waals surface area contributed by atoms with Crippen LogP contribution in [0.4, 0.5) is 0 Å². The molecule has 0 aliphatic rings. The molecule has 0 aliphatic heterocycles.